The molecule has 1 aromatic carbocycles. The zero-order valence-electron chi connectivity index (χ0n) is 11.3. The van der Waals surface area contributed by atoms with Crippen molar-refractivity contribution in [2.45, 2.75) is 19.6 Å². The Morgan fingerprint density at radius 3 is 2.71 bits per heavy atom. The number of nitrogens with one attached hydrogen (secondary N) is 1. The summed E-state index contributed by atoms with van der Waals surface area (Å²) in [5.41, 5.74) is 5.60. The fraction of sp³-hybridized carbons (Fsp3) is 0.385. The largest absolute Gasteiger partial charge is 0.435 e. The van der Waals surface area contributed by atoms with Crippen molar-refractivity contribution >= 4 is 23.6 Å². The van der Waals surface area contributed by atoms with E-state index in [1.807, 2.05) is 0 Å². The lowest BCUT2D eigenvalue weighted by Gasteiger charge is -2.15. The van der Waals surface area contributed by atoms with Gasteiger partial charge in [-0.25, -0.2) is 0 Å². The van der Waals surface area contributed by atoms with E-state index in [0.717, 1.165) is 11.8 Å². The molecule has 21 heavy (non-hydrogen) atoms. The molecule has 0 saturated carbocycles. The summed E-state index contributed by atoms with van der Waals surface area (Å²) in [5, 5.41) is 2.70. The molecule has 0 saturated heterocycles. The molecule has 8 heteroatoms. The van der Waals surface area contributed by atoms with E-state index in [2.05, 4.69) is 10.1 Å². The van der Waals surface area contributed by atoms with E-state index in [1.54, 1.807) is 19.1 Å². The van der Waals surface area contributed by atoms with E-state index in [1.165, 1.54) is 12.1 Å². The molecule has 0 bridgehead atoms. The first kappa shape index (κ1) is 17.2. The average molecular weight is 318 g/mol. The number of alkyl halides is 2. The minimum absolute atomic E-state index is 0.0340. The predicted octanol–water partition coefficient (Wildman–Crippen LogP) is 1.68. The smallest absolute Gasteiger partial charge is 0.387 e. The summed E-state index contributed by atoms with van der Waals surface area (Å²) in [6, 6.07) is 5.74. The fourth-order valence-corrected chi connectivity index (χ4v) is 2.14. The molecule has 116 valence electrons. The van der Waals surface area contributed by atoms with Crippen LogP contribution in [-0.2, 0) is 9.59 Å². The van der Waals surface area contributed by atoms with Crippen molar-refractivity contribution in [2.24, 2.45) is 5.73 Å². The first-order chi connectivity index (χ1) is 9.88. The number of nitrogens with two attached hydrogens (primary N) is 1. The molecule has 1 aromatic rings. The third-order valence-corrected chi connectivity index (χ3v) is 3.39. The van der Waals surface area contributed by atoms with E-state index >= 15 is 0 Å². The van der Waals surface area contributed by atoms with Gasteiger partial charge >= 0.3 is 6.61 Å². The molecule has 5 nitrogen and oxygen atoms in total. The first-order valence-corrected chi connectivity index (χ1v) is 7.24. The number of hydrogen-bond donors (Lipinski definition) is 2. The van der Waals surface area contributed by atoms with Crippen LogP contribution in [-0.4, -0.2) is 29.9 Å². The van der Waals surface area contributed by atoms with Crippen molar-refractivity contribution < 1.29 is 23.1 Å². The van der Waals surface area contributed by atoms with Crippen LogP contribution in [0, 0.1) is 0 Å². The fourth-order valence-electron chi connectivity index (χ4n) is 1.57. The second kappa shape index (κ2) is 8.46. The minimum atomic E-state index is -2.89. The van der Waals surface area contributed by atoms with Gasteiger partial charge in [0.15, 0.2) is 0 Å². The molecule has 1 unspecified atom stereocenters. The maximum absolute atomic E-state index is 12.1. The standard InChI is InChI=1S/C13H16F2N2O3S/c1-8(17-12(19)7-21-6-11(16)18)9-3-2-4-10(5-9)20-13(14)15/h2-5,8,13H,6-7H2,1H3,(H2,16,18)(H,17,19). The number of halogens is 2. The molecule has 0 radical (unpaired) electrons. The van der Waals surface area contributed by atoms with Gasteiger partial charge in [-0.05, 0) is 24.6 Å². The third kappa shape index (κ3) is 6.94. The number of thioether (sulfide) groups is 1. The van der Waals surface area contributed by atoms with E-state index in [0.29, 0.717) is 5.56 Å². The Bertz CT molecular complexity index is 500. The molecule has 1 rings (SSSR count). The number of rotatable bonds is 8. The highest BCUT2D eigenvalue weighted by molar-refractivity contribution is 8.00. The van der Waals surface area contributed by atoms with E-state index in [9.17, 15) is 18.4 Å². The Morgan fingerprint density at radius 2 is 2.10 bits per heavy atom. The normalized spacial score (nSPS) is 12.0. The van der Waals surface area contributed by atoms with Gasteiger partial charge in [0.05, 0.1) is 17.5 Å². The number of primary amides is 1. The second-order valence-corrected chi connectivity index (χ2v) is 5.18. The highest BCUT2D eigenvalue weighted by Crippen LogP contribution is 2.20. The van der Waals surface area contributed by atoms with E-state index < -0.39 is 12.5 Å². The van der Waals surface area contributed by atoms with Crippen LogP contribution in [0.1, 0.15) is 18.5 Å². The number of amides is 2. The van der Waals surface area contributed by atoms with Crippen molar-refractivity contribution in [2.75, 3.05) is 11.5 Å². The molecule has 0 aromatic heterocycles. The van der Waals surface area contributed by atoms with Crippen LogP contribution in [0.4, 0.5) is 8.78 Å². The summed E-state index contributed by atoms with van der Waals surface area (Å²) >= 11 is 1.11. The van der Waals surface area contributed by atoms with Crippen molar-refractivity contribution in [1.82, 2.24) is 5.32 Å². The Morgan fingerprint density at radius 1 is 1.38 bits per heavy atom. The third-order valence-electron chi connectivity index (χ3n) is 2.44. The zero-order valence-corrected chi connectivity index (χ0v) is 12.2. The van der Waals surface area contributed by atoms with Crippen molar-refractivity contribution in [3.8, 4) is 5.75 Å². The van der Waals surface area contributed by atoms with Crippen LogP contribution >= 0.6 is 11.8 Å². The molecule has 0 fully saturated rings. The average Bonchev–Trinajstić information content (AvgIpc) is 2.37. The van der Waals surface area contributed by atoms with Crippen molar-refractivity contribution in [3.63, 3.8) is 0 Å². The Kier molecular flexibility index (Phi) is 6.93. The Hall–Kier alpha value is -1.83. The Balaban J connectivity index is 2.52. The van der Waals surface area contributed by atoms with Gasteiger partial charge in [-0.15, -0.1) is 11.8 Å². The molecule has 0 spiro atoms. The van der Waals surface area contributed by atoms with Gasteiger partial charge in [0.1, 0.15) is 5.75 Å². The molecule has 0 aliphatic heterocycles. The molecule has 1 atom stereocenters. The molecule has 0 heterocycles. The van der Waals surface area contributed by atoms with Gasteiger partial charge in [0.2, 0.25) is 11.8 Å². The summed E-state index contributed by atoms with van der Waals surface area (Å²) in [7, 11) is 0. The maximum Gasteiger partial charge on any atom is 0.387 e. The van der Waals surface area contributed by atoms with Crippen LogP contribution in [0.15, 0.2) is 24.3 Å². The van der Waals surface area contributed by atoms with Crippen molar-refractivity contribution in [3.05, 3.63) is 29.8 Å². The molecule has 0 aliphatic rings. The number of hydrogen-bond acceptors (Lipinski definition) is 4. The van der Waals surface area contributed by atoms with Gasteiger partial charge in [0, 0.05) is 0 Å². The van der Waals surface area contributed by atoms with Gasteiger partial charge in [-0.3, -0.25) is 9.59 Å². The zero-order chi connectivity index (χ0) is 15.8. The van der Waals surface area contributed by atoms with Crippen LogP contribution in [0.2, 0.25) is 0 Å². The lowest BCUT2D eigenvalue weighted by Crippen LogP contribution is -2.28. The highest BCUT2D eigenvalue weighted by Gasteiger charge is 2.12. The predicted molar refractivity (Wildman–Crippen MR) is 76.2 cm³/mol. The minimum Gasteiger partial charge on any atom is -0.435 e. The molecular formula is C13H16F2N2O3S. The summed E-state index contributed by atoms with van der Waals surface area (Å²) in [5.74, 6) is -0.557. The quantitative estimate of drug-likeness (QED) is 0.764. The summed E-state index contributed by atoms with van der Waals surface area (Å²) in [6.07, 6.45) is 0. The number of ether oxygens (including phenoxy) is 1. The lowest BCUT2D eigenvalue weighted by molar-refractivity contribution is -0.119. The van der Waals surface area contributed by atoms with Gasteiger partial charge in [-0.2, -0.15) is 8.78 Å². The van der Waals surface area contributed by atoms with E-state index in [-0.39, 0.29) is 29.2 Å². The molecule has 3 N–H and O–H groups in total. The summed E-state index contributed by atoms with van der Waals surface area (Å²) in [6.45, 7) is -1.17. The molecule has 2 amide bonds. The summed E-state index contributed by atoms with van der Waals surface area (Å²) < 4.78 is 28.6. The second-order valence-electron chi connectivity index (χ2n) is 4.20. The van der Waals surface area contributed by atoms with Crippen LogP contribution in [0.3, 0.4) is 0 Å². The monoisotopic (exact) mass is 318 g/mol. The highest BCUT2D eigenvalue weighted by atomic mass is 32.2. The molecule has 0 aliphatic carbocycles. The number of carbonyl (C=O) groups excluding carboxylic acids is 2. The van der Waals surface area contributed by atoms with Gasteiger partial charge < -0.3 is 15.8 Å². The topological polar surface area (TPSA) is 81.4 Å². The molecular weight excluding hydrogens is 302 g/mol. The SMILES string of the molecule is CC(NC(=O)CSCC(N)=O)c1cccc(OC(F)F)c1. The number of carbonyl (C=O) groups is 2. The maximum atomic E-state index is 12.1. The summed E-state index contributed by atoms with van der Waals surface area (Å²) in [4.78, 5) is 22.2. The van der Waals surface area contributed by atoms with E-state index in [4.69, 9.17) is 5.73 Å². The van der Waals surface area contributed by atoms with Gasteiger partial charge in [0.25, 0.3) is 0 Å². The Labute approximate surface area is 125 Å². The van der Waals surface area contributed by atoms with Gasteiger partial charge in [-0.1, -0.05) is 12.1 Å². The lowest BCUT2D eigenvalue weighted by atomic mass is 10.1. The van der Waals surface area contributed by atoms with Crippen LogP contribution in [0.25, 0.3) is 0 Å². The first-order valence-electron chi connectivity index (χ1n) is 6.08. The number of benzene rings is 1. The van der Waals surface area contributed by atoms with Crippen LogP contribution < -0.4 is 15.8 Å². The van der Waals surface area contributed by atoms with Crippen molar-refractivity contribution in [1.29, 1.82) is 0 Å². The van der Waals surface area contributed by atoms with Crippen LogP contribution in [0.5, 0.6) is 5.75 Å².